The molecule has 0 aliphatic carbocycles. The molecule has 1 aliphatic rings. The summed E-state index contributed by atoms with van der Waals surface area (Å²) in [5, 5.41) is 1.38. The number of anilines is 1. The van der Waals surface area contributed by atoms with Crippen molar-refractivity contribution >= 4 is 43.1 Å². The van der Waals surface area contributed by atoms with Crippen LogP contribution in [0, 0.1) is 0 Å². The van der Waals surface area contributed by atoms with Crippen molar-refractivity contribution in [1.29, 1.82) is 0 Å². The minimum absolute atomic E-state index is 0.0139. The molecular formula is C12H15BrClNO2S. The van der Waals surface area contributed by atoms with Gasteiger partial charge in [0.1, 0.15) is 0 Å². The second-order valence-electron chi connectivity index (χ2n) is 4.53. The molecule has 0 N–H and O–H groups in total. The van der Waals surface area contributed by atoms with Crippen molar-refractivity contribution in [2.24, 2.45) is 0 Å². The van der Waals surface area contributed by atoms with Gasteiger partial charge in [-0.3, -0.25) is 0 Å². The summed E-state index contributed by atoms with van der Waals surface area (Å²) in [6, 6.07) is 5.74. The van der Waals surface area contributed by atoms with E-state index in [0.717, 1.165) is 11.3 Å². The van der Waals surface area contributed by atoms with E-state index in [9.17, 15) is 8.42 Å². The van der Waals surface area contributed by atoms with Crippen molar-refractivity contribution < 1.29 is 8.42 Å². The largest absolute Gasteiger partial charge is 0.366 e. The van der Waals surface area contributed by atoms with Crippen molar-refractivity contribution in [3.63, 3.8) is 0 Å². The third-order valence-electron chi connectivity index (χ3n) is 3.21. The number of alkyl halides is 1. The quantitative estimate of drug-likeness (QED) is 0.768. The summed E-state index contributed by atoms with van der Waals surface area (Å²) in [7, 11) is -2.89. The fraction of sp³-hybridized carbons (Fsp3) is 0.500. The molecule has 0 aromatic heterocycles. The Hall–Kier alpha value is -0.260. The van der Waals surface area contributed by atoms with Crippen LogP contribution in [-0.4, -0.2) is 32.5 Å². The molecule has 0 saturated carbocycles. The Morgan fingerprint density at radius 3 is 2.83 bits per heavy atom. The van der Waals surface area contributed by atoms with Gasteiger partial charge in [0, 0.05) is 34.2 Å². The van der Waals surface area contributed by atoms with Crippen molar-refractivity contribution in [2.75, 3.05) is 23.0 Å². The topological polar surface area (TPSA) is 37.4 Å². The Balaban J connectivity index is 2.36. The first-order valence-corrected chi connectivity index (χ1v) is 9.07. The number of hydrogen-bond donors (Lipinski definition) is 0. The molecule has 1 fully saturated rings. The first-order chi connectivity index (χ1) is 8.44. The lowest BCUT2D eigenvalue weighted by molar-refractivity contribution is 0.568. The maximum atomic E-state index is 11.6. The molecule has 1 aromatic carbocycles. The fourth-order valence-corrected chi connectivity index (χ4v) is 4.85. The Labute approximate surface area is 121 Å². The predicted molar refractivity (Wildman–Crippen MR) is 79.5 cm³/mol. The van der Waals surface area contributed by atoms with Crippen molar-refractivity contribution in [3.8, 4) is 0 Å². The van der Waals surface area contributed by atoms with Crippen LogP contribution in [0.25, 0.3) is 0 Å². The number of benzene rings is 1. The maximum absolute atomic E-state index is 11.6. The zero-order valence-electron chi connectivity index (χ0n) is 10.1. The molecular weight excluding hydrogens is 338 g/mol. The van der Waals surface area contributed by atoms with Gasteiger partial charge in [-0.25, -0.2) is 8.42 Å². The highest BCUT2D eigenvalue weighted by Crippen LogP contribution is 2.32. The SMILES string of the molecule is CC1CS(=O)(=O)CCN1c1cccc(Cl)c1CBr. The van der Waals surface area contributed by atoms with Crippen LogP contribution in [0.2, 0.25) is 5.02 Å². The van der Waals surface area contributed by atoms with Crippen molar-refractivity contribution in [3.05, 3.63) is 28.8 Å². The average Bonchev–Trinajstić information content (AvgIpc) is 2.27. The van der Waals surface area contributed by atoms with Crippen molar-refractivity contribution in [2.45, 2.75) is 18.3 Å². The van der Waals surface area contributed by atoms with Crippen LogP contribution in [-0.2, 0) is 15.2 Å². The van der Waals surface area contributed by atoms with Crippen molar-refractivity contribution in [1.82, 2.24) is 0 Å². The second-order valence-corrected chi connectivity index (χ2v) is 7.72. The molecule has 1 aliphatic heterocycles. The fourth-order valence-electron chi connectivity index (χ4n) is 2.31. The summed E-state index contributed by atoms with van der Waals surface area (Å²) in [5.41, 5.74) is 2.05. The molecule has 6 heteroatoms. The lowest BCUT2D eigenvalue weighted by Crippen LogP contribution is -2.47. The summed E-state index contributed by atoms with van der Waals surface area (Å²) in [4.78, 5) is 2.13. The van der Waals surface area contributed by atoms with Crippen LogP contribution in [0.5, 0.6) is 0 Å². The first kappa shape index (κ1) is 14.2. The summed E-state index contributed by atoms with van der Waals surface area (Å²) >= 11 is 9.62. The van der Waals surface area contributed by atoms with Crippen LogP contribution < -0.4 is 4.90 Å². The Kier molecular flexibility index (Phi) is 4.24. The third kappa shape index (κ3) is 2.83. The number of nitrogens with zero attached hydrogens (tertiary/aromatic N) is 1. The maximum Gasteiger partial charge on any atom is 0.154 e. The van der Waals surface area contributed by atoms with E-state index in [0.29, 0.717) is 16.9 Å². The van der Waals surface area contributed by atoms with Crippen LogP contribution in [0.15, 0.2) is 18.2 Å². The van der Waals surface area contributed by atoms with Gasteiger partial charge in [0.05, 0.1) is 11.5 Å². The van der Waals surface area contributed by atoms with Gasteiger partial charge in [-0.1, -0.05) is 33.6 Å². The lowest BCUT2D eigenvalue weighted by atomic mass is 10.1. The summed E-state index contributed by atoms with van der Waals surface area (Å²) in [6.07, 6.45) is 0. The minimum Gasteiger partial charge on any atom is -0.366 e. The molecule has 0 bridgehead atoms. The number of halogens is 2. The lowest BCUT2D eigenvalue weighted by Gasteiger charge is -2.36. The van der Waals surface area contributed by atoms with E-state index in [2.05, 4.69) is 20.8 Å². The van der Waals surface area contributed by atoms with Crippen LogP contribution in [0.1, 0.15) is 12.5 Å². The Morgan fingerprint density at radius 2 is 2.22 bits per heavy atom. The van der Waals surface area contributed by atoms with Gasteiger partial charge in [0.25, 0.3) is 0 Å². The second kappa shape index (κ2) is 5.39. The molecule has 1 atom stereocenters. The molecule has 1 heterocycles. The van der Waals surface area contributed by atoms with Gasteiger partial charge >= 0.3 is 0 Å². The zero-order chi connectivity index (χ0) is 13.3. The summed E-state index contributed by atoms with van der Waals surface area (Å²) in [5.74, 6) is 0.423. The van der Waals surface area contributed by atoms with Gasteiger partial charge in [-0.15, -0.1) is 0 Å². The highest BCUT2D eigenvalue weighted by molar-refractivity contribution is 9.08. The molecule has 3 nitrogen and oxygen atoms in total. The van der Waals surface area contributed by atoms with E-state index >= 15 is 0 Å². The van der Waals surface area contributed by atoms with Gasteiger partial charge in [0.2, 0.25) is 0 Å². The highest BCUT2D eigenvalue weighted by Gasteiger charge is 2.29. The monoisotopic (exact) mass is 351 g/mol. The predicted octanol–water partition coefficient (Wildman–Crippen LogP) is 2.86. The first-order valence-electron chi connectivity index (χ1n) is 5.75. The highest BCUT2D eigenvalue weighted by atomic mass is 79.9. The van der Waals surface area contributed by atoms with Crippen LogP contribution >= 0.6 is 27.5 Å². The molecule has 1 saturated heterocycles. The molecule has 0 amide bonds. The molecule has 2 rings (SSSR count). The molecule has 0 spiro atoms. The molecule has 1 unspecified atom stereocenters. The number of rotatable bonds is 2. The van der Waals surface area contributed by atoms with Gasteiger partial charge < -0.3 is 4.90 Å². The molecule has 0 radical (unpaired) electrons. The smallest absolute Gasteiger partial charge is 0.154 e. The Morgan fingerprint density at radius 1 is 1.50 bits per heavy atom. The Bertz CT molecular complexity index is 547. The standard InChI is InChI=1S/C12H15BrClNO2S/c1-9-8-18(16,17)6-5-15(9)12-4-2-3-11(14)10(12)7-13/h2-4,9H,5-8H2,1H3. The van der Waals surface area contributed by atoms with E-state index in [1.807, 2.05) is 25.1 Å². The van der Waals surface area contributed by atoms with E-state index in [4.69, 9.17) is 11.6 Å². The molecule has 100 valence electrons. The number of hydrogen-bond acceptors (Lipinski definition) is 3. The average molecular weight is 353 g/mol. The van der Waals surface area contributed by atoms with E-state index in [1.165, 1.54) is 0 Å². The minimum atomic E-state index is -2.89. The van der Waals surface area contributed by atoms with Gasteiger partial charge in [-0.05, 0) is 19.1 Å². The summed E-state index contributed by atoms with van der Waals surface area (Å²) in [6.45, 7) is 2.47. The van der Waals surface area contributed by atoms with E-state index < -0.39 is 9.84 Å². The van der Waals surface area contributed by atoms with Gasteiger partial charge in [-0.2, -0.15) is 0 Å². The third-order valence-corrected chi connectivity index (χ3v) is 5.92. The summed E-state index contributed by atoms with van der Waals surface area (Å²) < 4.78 is 23.2. The zero-order valence-corrected chi connectivity index (χ0v) is 13.2. The van der Waals surface area contributed by atoms with E-state index in [-0.39, 0.29) is 17.5 Å². The normalized spacial score (nSPS) is 23.1. The molecule has 1 aromatic rings. The van der Waals surface area contributed by atoms with E-state index in [1.54, 1.807) is 0 Å². The van der Waals surface area contributed by atoms with Crippen LogP contribution in [0.3, 0.4) is 0 Å². The number of sulfone groups is 1. The molecule has 18 heavy (non-hydrogen) atoms. The van der Waals surface area contributed by atoms with Crippen LogP contribution in [0.4, 0.5) is 5.69 Å². The van der Waals surface area contributed by atoms with Gasteiger partial charge in [0.15, 0.2) is 9.84 Å².